The Morgan fingerprint density at radius 2 is 1.89 bits per heavy atom. The quantitative estimate of drug-likeness (QED) is 0.295. The van der Waals surface area contributed by atoms with Gasteiger partial charge in [0.15, 0.2) is 5.11 Å². The number of thiocarbonyl (C=S) groups is 1. The lowest BCUT2D eigenvalue weighted by molar-refractivity contribution is -0.385. The highest BCUT2D eigenvalue weighted by Gasteiger charge is 2.26. The Kier molecular flexibility index (Phi) is 6.38. The number of nitrogens with two attached hydrogens (primary N) is 1. The molecule has 0 aliphatic carbocycles. The van der Waals surface area contributed by atoms with E-state index in [0.29, 0.717) is 9.92 Å². The van der Waals surface area contributed by atoms with Crippen molar-refractivity contribution in [3.8, 4) is 5.75 Å². The number of amides is 1. The van der Waals surface area contributed by atoms with Crippen molar-refractivity contribution in [2.24, 2.45) is 5.73 Å². The van der Waals surface area contributed by atoms with Crippen molar-refractivity contribution < 1.29 is 27.4 Å². The Labute approximate surface area is 169 Å². The van der Waals surface area contributed by atoms with Gasteiger partial charge < -0.3 is 15.0 Å². The Morgan fingerprint density at radius 3 is 2.39 bits per heavy atom. The minimum absolute atomic E-state index is 0.0401. The molecule has 0 aromatic heterocycles. The highest BCUT2D eigenvalue weighted by Crippen LogP contribution is 2.27. The molecular weight excluding hydrogens is 434 g/mol. The molecule has 13 heteroatoms. The Bertz CT molecular complexity index is 1030. The van der Waals surface area contributed by atoms with E-state index in [1.807, 2.05) is 0 Å². The fourth-order valence-corrected chi connectivity index (χ4v) is 3.30. The van der Waals surface area contributed by atoms with Gasteiger partial charge in [-0.25, -0.2) is 9.69 Å². The number of nitro benzene ring substituents is 1. The SMILES string of the molecule is NC(=S)N(Cc1ccc(S(=O)(=O)Oc2ccc(Cl)cc2)cc1[N+](=O)[O-])C(=O)O. The van der Waals surface area contributed by atoms with Crippen LogP contribution in [0.5, 0.6) is 5.75 Å². The van der Waals surface area contributed by atoms with E-state index in [4.69, 9.17) is 26.6 Å². The fourth-order valence-electron chi connectivity index (χ4n) is 2.08. The minimum Gasteiger partial charge on any atom is -0.465 e. The predicted octanol–water partition coefficient (Wildman–Crippen LogP) is 2.74. The van der Waals surface area contributed by atoms with Gasteiger partial charge in [-0.15, -0.1) is 0 Å². The van der Waals surface area contributed by atoms with E-state index in [-0.39, 0.29) is 11.3 Å². The number of benzene rings is 2. The number of halogens is 1. The van der Waals surface area contributed by atoms with Crippen molar-refractivity contribution >= 4 is 50.8 Å². The average molecular weight is 446 g/mol. The van der Waals surface area contributed by atoms with Crippen LogP contribution in [0.3, 0.4) is 0 Å². The fraction of sp³-hybridized carbons (Fsp3) is 0.0667. The summed E-state index contributed by atoms with van der Waals surface area (Å²) < 4.78 is 29.7. The average Bonchev–Trinajstić information content (AvgIpc) is 2.60. The number of nitrogens with zero attached hydrogens (tertiary/aromatic N) is 2. The van der Waals surface area contributed by atoms with Gasteiger partial charge in [0.1, 0.15) is 10.6 Å². The molecule has 0 bridgehead atoms. The first kappa shape index (κ1) is 21.3. The lowest BCUT2D eigenvalue weighted by Crippen LogP contribution is -2.39. The van der Waals surface area contributed by atoms with E-state index in [1.54, 1.807) is 0 Å². The number of nitro groups is 1. The smallest absolute Gasteiger partial charge is 0.413 e. The molecule has 2 aromatic carbocycles. The summed E-state index contributed by atoms with van der Waals surface area (Å²) in [6.07, 6.45) is -1.51. The molecule has 28 heavy (non-hydrogen) atoms. The third-order valence-corrected chi connectivity index (χ3v) is 5.10. The maximum Gasteiger partial charge on any atom is 0.413 e. The highest BCUT2D eigenvalue weighted by atomic mass is 35.5. The third kappa shape index (κ3) is 5.06. The first-order valence-electron chi connectivity index (χ1n) is 7.28. The number of carboxylic acid groups (broad SMARTS) is 1. The van der Waals surface area contributed by atoms with E-state index in [9.17, 15) is 23.3 Å². The number of rotatable bonds is 6. The summed E-state index contributed by atoms with van der Waals surface area (Å²) in [5, 5.41) is 20.3. The summed E-state index contributed by atoms with van der Waals surface area (Å²) >= 11 is 10.3. The molecule has 3 N–H and O–H groups in total. The molecular formula is C15H12ClN3O7S2. The standard InChI is InChI=1S/C15H12ClN3O7S2/c16-10-2-4-11(5-3-10)26-28(24,25)12-6-1-9(13(7-12)19(22)23)8-18(14(17)27)15(20)21/h1-7H,8H2,(H2,17,27)(H,20,21). The predicted molar refractivity (Wildman–Crippen MR) is 103 cm³/mol. The van der Waals surface area contributed by atoms with Crippen molar-refractivity contribution in [2.75, 3.05) is 0 Å². The van der Waals surface area contributed by atoms with Crippen LogP contribution in [-0.4, -0.2) is 34.6 Å². The molecule has 0 unspecified atom stereocenters. The van der Waals surface area contributed by atoms with Gasteiger partial charge in [-0.3, -0.25) is 10.1 Å². The molecule has 2 rings (SSSR count). The summed E-state index contributed by atoms with van der Waals surface area (Å²) in [7, 11) is -4.39. The summed E-state index contributed by atoms with van der Waals surface area (Å²) in [5.41, 5.74) is 4.55. The molecule has 0 fully saturated rings. The zero-order chi connectivity index (χ0) is 21.1. The normalized spacial score (nSPS) is 10.9. The van der Waals surface area contributed by atoms with E-state index < -0.39 is 43.4 Å². The topological polar surface area (TPSA) is 153 Å². The van der Waals surface area contributed by atoms with Crippen LogP contribution in [0.1, 0.15) is 5.56 Å². The van der Waals surface area contributed by atoms with Gasteiger partial charge in [-0.1, -0.05) is 11.6 Å². The van der Waals surface area contributed by atoms with Crippen molar-refractivity contribution in [1.29, 1.82) is 0 Å². The summed E-state index contributed by atoms with van der Waals surface area (Å²) in [4.78, 5) is 21.7. The molecule has 0 atom stereocenters. The van der Waals surface area contributed by atoms with E-state index in [1.165, 1.54) is 24.3 Å². The summed E-state index contributed by atoms with van der Waals surface area (Å²) in [6, 6.07) is 8.35. The molecule has 0 radical (unpaired) electrons. The van der Waals surface area contributed by atoms with Crippen LogP contribution in [0.2, 0.25) is 5.02 Å². The van der Waals surface area contributed by atoms with E-state index >= 15 is 0 Å². The van der Waals surface area contributed by atoms with Crippen LogP contribution in [0.4, 0.5) is 10.5 Å². The Hall–Kier alpha value is -2.96. The molecule has 10 nitrogen and oxygen atoms in total. The molecule has 0 heterocycles. The zero-order valence-electron chi connectivity index (χ0n) is 13.8. The highest BCUT2D eigenvalue weighted by molar-refractivity contribution is 7.87. The van der Waals surface area contributed by atoms with Gasteiger partial charge >= 0.3 is 16.2 Å². The molecule has 0 aliphatic rings. The second kappa shape index (κ2) is 8.37. The van der Waals surface area contributed by atoms with Gasteiger partial charge in [-0.2, -0.15) is 8.42 Å². The van der Waals surface area contributed by atoms with Crippen molar-refractivity contribution in [3.05, 3.63) is 63.2 Å². The number of carbonyl (C=O) groups is 1. The molecule has 1 amide bonds. The second-order valence-electron chi connectivity index (χ2n) is 5.25. The molecule has 0 saturated carbocycles. The molecule has 0 spiro atoms. The molecule has 2 aromatic rings. The van der Waals surface area contributed by atoms with Gasteiger partial charge in [-0.05, 0) is 48.6 Å². The van der Waals surface area contributed by atoms with Gasteiger partial charge in [0.2, 0.25) is 0 Å². The maximum atomic E-state index is 12.4. The zero-order valence-corrected chi connectivity index (χ0v) is 16.2. The number of hydrogen-bond acceptors (Lipinski definition) is 7. The number of hydrogen-bond donors (Lipinski definition) is 2. The van der Waals surface area contributed by atoms with Crippen LogP contribution in [0.15, 0.2) is 47.4 Å². The first-order chi connectivity index (χ1) is 13.0. The maximum absolute atomic E-state index is 12.4. The minimum atomic E-state index is -4.39. The van der Waals surface area contributed by atoms with E-state index in [0.717, 1.165) is 18.2 Å². The summed E-state index contributed by atoms with van der Waals surface area (Å²) in [6.45, 7) is -0.528. The Balaban J connectivity index is 2.40. The van der Waals surface area contributed by atoms with Crippen molar-refractivity contribution in [3.63, 3.8) is 0 Å². The van der Waals surface area contributed by atoms with Gasteiger partial charge in [0, 0.05) is 16.7 Å². The largest absolute Gasteiger partial charge is 0.465 e. The third-order valence-electron chi connectivity index (χ3n) is 3.39. The van der Waals surface area contributed by atoms with Crippen molar-refractivity contribution in [2.45, 2.75) is 11.4 Å². The lowest BCUT2D eigenvalue weighted by Gasteiger charge is -2.17. The Morgan fingerprint density at radius 1 is 1.29 bits per heavy atom. The van der Waals surface area contributed by atoms with Crippen LogP contribution in [0, 0.1) is 10.1 Å². The van der Waals surface area contributed by atoms with Crippen molar-refractivity contribution in [1.82, 2.24) is 4.90 Å². The summed E-state index contributed by atoms with van der Waals surface area (Å²) in [5.74, 6) is -0.0401. The first-order valence-corrected chi connectivity index (χ1v) is 9.48. The van der Waals surface area contributed by atoms with Crippen LogP contribution < -0.4 is 9.92 Å². The van der Waals surface area contributed by atoms with E-state index in [2.05, 4.69) is 12.2 Å². The van der Waals surface area contributed by atoms with Crippen LogP contribution in [0.25, 0.3) is 0 Å². The monoisotopic (exact) mass is 445 g/mol. The van der Waals surface area contributed by atoms with Gasteiger partial charge in [0.25, 0.3) is 5.69 Å². The van der Waals surface area contributed by atoms with Crippen LogP contribution in [-0.2, 0) is 16.7 Å². The van der Waals surface area contributed by atoms with Gasteiger partial charge in [0.05, 0.1) is 11.5 Å². The van der Waals surface area contributed by atoms with Crippen LogP contribution >= 0.6 is 23.8 Å². The molecule has 148 valence electrons. The molecule has 0 aliphatic heterocycles. The lowest BCUT2D eigenvalue weighted by atomic mass is 10.1. The molecule has 0 saturated heterocycles. The second-order valence-corrected chi connectivity index (χ2v) is 7.65.